The van der Waals surface area contributed by atoms with Crippen molar-refractivity contribution in [3.63, 3.8) is 0 Å². The van der Waals surface area contributed by atoms with Crippen LogP contribution in [-0.4, -0.2) is 5.11 Å². The minimum atomic E-state index is -0.328. The number of furan rings is 1. The van der Waals surface area contributed by atoms with Crippen molar-refractivity contribution in [3.8, 4) is 5.75 Å². The largest absolute Gasteiger partial charge is 0.508 e. The van der Waals surface area contributed by atoms with Gasteiger partial charge in [-0.25, -0.2) is 4.39 Å². The van der Waals surface area contributed by atoms with Gasteiger partial charge in [0.25, 0.3) is 0 Å². The topological polar surface area (TPSA) is 33.4 Å². The monoisotopic (exact) mass is 202 g/mol. The third-order valence-corrected chi connectivity index (χ3v) is 2.42. The van der Waals surface area contributed by atoms with Gasteiger partial charge < -0.3 is 9.52 Å². The van der Waals surface area contributed by atoms with Gasteiger partial charge in [-0.15, -0.1) is 0 Å². The Hall–Kier alpha value is -2.03. The highest BCUT2D eigenvalue weighted by molar-refractivity contribution is 6.05. The van der Waals surface area contributed by atoms with E-state index in [4.69, 9.17) is 4.42 Å². The van der Waals surface area contributed by atoms with Crippen LogP contribution in [0.5, 0.6) is 5.75 Å². The van der Waals surface area contributed by atoms with E-state index < -0.39 is 0 Å². The predicted octanol–water partition coefficient (Wildman–Crippen LogP) is 3.43. The van der Waals surface area contributed by atoms with Crippen LogP contribution in [0.2, 0.25) is 0 Å². The lowest BCUT2D eigenvalue weighted by atomic mass is 10.1. The van der Waals surface area contributed by atoms with Crippen LogP contribution >= 0.6 is 0 Å². The maximum Gasteiger partial charge on any atom is 0.139 e. The van der Waals surface area contributed by atoms with E-state index in [-0.39, 0.29) is 11.6 Å². The van der Waals surface area contributed by atoms with Crippen molar-refractivity contribution < 1.29 is 13.9 Å². The zero-order valence-corrected chi connectivity index (χ0v) is 7.70. The van der Waals surface area contributed by atoms with Crippen LogP contribution in [0.4, 0.5) is 4.39 Å². The van der Waals surface area contributed by atoms with Crippen LogP contribution in [0, 0.1) is 5.82 Å². The standard InChI is InChI=1S/C12H7FO2/c13-7-1-3-9-10-4-2-8(14)6-12(10)15-11(9)5-7/h1-6,14H. The Labute approximate surface area is 84.5 Å². The number of benzene rings is 2. The maximum atomic E-state index is 12.9. The van der Waals surface area contributed by atoms with Crippen LogP contribution < -0.4 is 0 Å². The van der Waals surface area contributed by atoms with Crippen LogP contribution in [0.15, 0.2) is 40.8 Å². The Bertz CT molecular complexity index is 599. The number of phenols is 1. The molecule has 15 heavy (non-hydrogen) atoms. The molecule has 3 aromatic rings. The van der Waals surface area contributed by atoms with Gasteiger partial charge in [0, 0.05) is 22.9 Å². The van der Waals surface area contributed by atoms with E-state index in [1.165, 1.54) is 18.2 Å². The van der Waals surface area contributed by atoms with Gasteiger partial charge >= 0.3 is 0 Å². The normalized spacial score (nSPS) is 11.3. The zero-order valence-electron chi connectivity index (χ0n) is 7.70. The summed E-state index contributed by atoms with van der Waals surface area (Å²) in [6.07, 6.45) is 0. The Balaban J connectivity index is 2.51. The SMILES string of the molecule is Oc1ccc2c(c1)oc1cc(F)ccc12. The summed E-state index contributed by atoms with van der Waals surface area (Å²) in [5.74, 6) is -0.187. The summed E-state index contributed by atoms with van der Waals surface area (Å²) in [6, 6.07) is 9.27. The fourth-order valence-electron chi connectivity index (χ4n) is 1.74. The first kappa shape index (κ1) is 8.29. The Morgan fingerprint density at radius 3 is 2.40 bits per heavy atom. The van der Waals surface area contributed by atoms with E-state index in [0.29, 0.717) is 11.2 Å². The quantitative estimate of drug-likeness (QED) is 0.605. The van der Waals surface area contributed by atoms with Crippen molar-refractivity contribution in [2.24, 2.45) is 0 Å². The number of aromatic hydroxyl groups is 1. The molecule has 1 N–H and O–H groups in total. The van der Waals surface area contributed by atoms with Crippen LogP contribution in [0.1, 0.15) is 0 Å². The van der Waals surface area contributed by atoms with Gasteiger partial charge in [0.05, 0.1) is 0 Å². The lowest BCUT2D eigenvalue weighted by molar-refractivity contribution is 0.475. The van der Waals surface area contributed by atoms with E-state index in [1.807, 2.05) is 0 Å². The van der Waals surface area contributed by atoms with Gasteiger partial charge in [-0.2, -0.15) is 0 Å². The Morgan fingerprint density at radius 1 is 0.933 bits per heavy atom. The minimum absolute atomic E-state index is 0.141. The van der Waals surface area contributed by atoms with Crippen LogP contribution in [-0.2, 0) is 0 Å². The van der Waals surface area contributed by atoms with Gasteiger partial charge in [-0.05, 0) is 24.3 Å². The highest BCUT2D eigenvalue weighted by Gasteiger charge is 2.07. The average Bonchev–Trinajstić information content (AvgIpc) is 2.53. The fraction of sp³-hybridized carbons (Fsp3) is 0. The lowest BCUT2D eigenvalue weighted by Gasteiger charge is -1.90. The molecule has 0 aliphatic carbocycles. The third-order valence-electron chi connectivity index (χ3n) is 2.42. The van der Waals surface area contributed by atoms with Crippen molar-refractivity contribution >= 4 is 21.9 Å². The van der Waals surface area contributed by atoms with Gasteiger partial charge in [0.1, 0.15) is 22.7 Å². The summed E-state index contributed by atoms with van der Waals surface area (Å²) in [6.45, 7) is 0. The summed E-state index contributed by atoms with van der Waals surface area (Å²) in [7, 11) is 0. The smallest absolute Gasteiger partial charge is 0.139 e. The number of halogens is 1. The number of hydrogen-bond acceptors (Lipinski definition) is 2. The van der Waals surface area contributed by atoms with Gasteiger partial charge in [-0.3, -0.25) is 0 Å². The number of rotatable bonds is 0. The molecular formula is C12H7FO2. The zero-order chi connectivity index (χ0) is 10.4. The number of hydrogen-bond donors (Lipinski definition) is 1. The molecule has 0 saturated heterocycles. The fourth-order valence-corrected chi connectivity index (χ4v) is 1.74. The number of phenolic OH excluding ortho intramolecular Hbond substituents is 1. The first-order chi connectivity index (χ1) is 7.24. The molecule has 0 spiro atoms. The first-order valence-electron chi connectivity index (χ1n) is 4.55. The molecule has 1 aromatic heterocycles. The molecular weight excluding hydrogens is 195 g/mol. The lowest BCUT2D eigenvalue weighted by Crippen LogP contribution is -1.70. The van der Waals surface area contributed by atoms with Crippen molar-refractivity contribution in [1.82, 2.24) is 0 Å². The maximum absolute atomic E-state index is 12.9. The molecule has 0 saturated carbocycles. The summed E-state index contributed by atoms with van der Waals surface area (Å²) in [5.41, 5.74) is 1.06. The molecule has 74 valence electrons. The summed E-state index contributed by atoms with van der Waals surface area (Å²) < 4.78 is 18.3. The number of fused-ring (bicyclic) bond motifs is 3. The molecule has 0 fully saturated rings. The highest BCUT2D eigenvalue weighted by Crippen LogP contribution is 2.30. The van der Waals surface area contributed by atoms with Crippen molar-refractivity contribution in [1.29, 1.82) is 0 Å². The van der Waals surface area contributed by atoms with Crippen molar-refractivity contribution in [2.75, 3.05) is 0 Å². The van der Waals surface area contributed by atoms with E-state index in [2.05, 4.69) is 0 Å². The molecule has 0 bridgehead atoms. The molecule has 3 heteroatoms. The first-order valence-corrected chi connectivity index (χ1v) is 4.55. The third kappa shape index (κ3) is 1.16. The van der Waals surface area contributed by atoms with E-state index in [9.17, 15) is 9.50 Å². The average molecular weight is 202 g/mol. The Morgan fingerprint density at radius 2 is 1.60 bits per heavy atom. The minimum Gasteiger partial charge on any atom is -0.508 e. The molecule has 0 aliphatic rings. The summed E-state index contributed by atoms with van der Waals surface area (Å²) >= 11 is 0. The predicted molar refractivity (Wildman–Crippen MR) is 55.3 cm³/mol. The highest BCUT2D eigenvalue weighted by atomic mass is 19.1. The van der Waals surface area contributed by atoms with E-state index in [1.54, 1.807) is 18.2 Å². The molecule has 0 atom stereocenters. The van der Waals surface area contributed by atoms with Crippen LogP contribution in [0.25, 0.3) is 21.9 Å². The van der Waals surface area contributed by atoms with Gasteiger partial charge in [-0.1, -0.05) is 0 Å². The molecule has 2 nitrogen and oxygen atoms in total. The summed E-state index contributed by atoms with van der Waals surface area (Å²) in [5, 5.41) is 11.0. The molecule has 0 aliphatic heterocycles. The molecule has 2 aromatic carbocycles. The molecule has 0 unspecified atom stereocenters. The molecule has 1 heterocycles. The van der Waals surface area contributed by atoms with Gasteiger partial charge in [0.2, 0.25) is 0 Å². The molecule has 0 amide bonds. The molecule has 0 radical (unpaired) electrons. The van der Waals surface area contributed by atoms with Crippen LogP contribution in [0.3, 0.4) is 0 Å². The second-order valence-electron chi connectivity index (χ2n) is 3.42. The summed E-state index contributed by atoms with van der Waals surface area (Å²) in [4.78, 5) is 0. The van der Waals surface area contributed by atoms with Crippen molar-refractivity contribution in [3.05, 3.63) is 42.2 Å². The van der Waals surface area contributed by atoms with E-state index in [0.717, 1.165) is 10.8 Å². The second kappa shape index (κ2) is 2.73. The van der Waals surface area contributed by atoms with E-state index >= 15 is 0 Å². The molecule has 3 rings (SSSR count). The van der Waals surface area contributed by atoms with Crippen molar-refractivity contribution in [2.45, 2.75) is 0 Å². The second-order valence-corrected chi connectivity index (χ2v) is 3.42. The van der Waals surface area contributed by atoms with Gasteiger partial charge in [0.15, 0.2) is 0 Å². The Kier molecular flexibility index (Phi) is 1.51.